The van der Waals surface area contributed by atoms with Gasteiger partial charge in [0.2, 0.25) is 0 Å². The van der Waals surface area contributed by atoms with Crippen molar-refractivity contribution in [3.05, 3.63) is 28.2 Å². The summed E-state index contributed by atoms with van der Waals surface area (Å²) in [5.41, 5.74) is 1.32. The summed E-state index contributed by atoms with van der Waals surface area (Å²) < 4.78 is 2.44. The average Bonchev–Trinajstić information content (AvgIpc) is 2.82. The number of nitrogens with zero attached hydrogens (tertiary/aromatic N) is 2. The molecule has 0 aliphatic heterocycles. The van der Waals surface area contributed by atoms with E-state index in [0.717, 1.165) is 17.7 Å². The van der Waals surface area contributed by atoms with Crippen molar-refractivity contribution in [2.45, 2.75) is 13.5 Å². The van der Waals surface area contributed by atoms with Gasteiger partial charge in [-0.15, -0.1) is 11.3 Å². The summed E-state index contributed by atoms with van der Waals surface area (Å²) in [6.45, 7) is 2.73. The number of thiophene rings is 1. The third-order valence-corrected chi connectivity index (χ3v) is 3.29. The van der Waals surface area contributed by atoms with Gasteiger partial charge >= 0.3 is 0 Å². The van der Waals surface area contributed by atoms with Crippen LogP contribution in [0.1, 0.15) is 17.3 Å². The monoisotopic (exact) mass is 240 g/mol. The highest BCUT2D eigenvalue weighted by Gasteiger charge is 2.11. The fourth-order valence-electron chi connectivity index (χ4n) is 1.32. The zero-order chi connectivity index (χ0) is 10.8. The fourth-order valence-corrected chi connectivity index (χ4v) is 2.37. The molecule has 0 aliphatic carbocycles. The van der Waals surface area contributed by atoms with Crippen molar-refractivity contribution in [2.24, 2.45) is 0 Å². The molecular weight excluding hydrogens is 232 g/mol. The lowest BCUT2D eigenvalue weighted by atomic mass is 10.2. The molecule has 0 amide bonds. The number of carbonyl (C=O) groups excluding carboxylic acids is 1. The van der Waals surface area contributed by atoms with Gasteiger partial charge in [-0.3, -0.25) is 9.48 Å². The van der Waals surface area contributed by atoms with Crippen molar-refractivity contribution in [3.8, 4) is 10.6 Å². The molecule has 3 nitrogen and oxygen atoms in total. The van der Waals surface area contributed by atoms with Gasteiger partial charge in [0.25, 0.3) is 0 Å². The van der Waals surface area contributed by atoms with Gasteiger partial charge in [-0.05, 0) is 19.1 Å². The van der Waals surface area contributed by atoms with E-state index >= 15 is 0 Å². The highest BCUT2D eigenvalue weighted by atomic mass is 35.5. The standard InChI is InChI=1S/C10H9ClN2OS/c1-2-13-5-7(6-14)10(12-13)8-3-4-9(11)15-8/h3-6H,2H2,1H3. The molecule has 0 aliphatic rings. The van der Waals surface area contributed by atoms with Crippen LogP contribution in [0.2, 0.25) is 4.34 Å². The number of aryl methyl sites for hydroxylation is 1. The zero-order valence-electron chi connectivity index (χ0n) is 8.11. The summed E-state index contributed by atoms with van der Waals surface area (Å²) in [6, 6.07) is 3.68. The van der Waals surface area contributed by atoms with Crippen LogP contribution in [0.25, 0.3) is 10.6 Å². The maximum Gasteiger partial charge on any atom is 0.153 e. The van der Waals surface area contributed by atoms with Crippen LogP contribution in [0.4, 0.5) is 0 Å². The lowest BCUT2D eigenvalue weighted by molar-refractivity contribution is 0.112. The minimum atomic E-state index is 0.607. The molecule has 0 unspecified atom stereocenters. The first-order chi connectivity index (χ1) is 7.24. The van der Waals surface area contributed by atoms with E-state index in [2.05, 4.69) is 5.10 Å². The van der Waals surface area contributed by atoms with Crippen LogP contribution >= 0.6 is 22.9 Å². The summed E-state index contributed by atoms with van der Waals surface area (Å²) >= 11 is 7.27. The molecule has 5 heteroatoms. The number of rotatable bonds is 3. The molecule has 78 valence electrons. The second kappa shape index (κ2) is 4.16. The minimum absolute atomic E-state index is 0.607. The lowest BCUT2D eigenvalue weighted by Gasteiger charge is -1.92. The fraction of sp³-hybridized carbons (Fsp3) is 0.200. The Kier molecular flexibility index (Phi) is 2.88. The van der Waals surface area contributed by atoms with Crippen molar-refractivity contribution < 1.29 is 4.79 Å². The van der Waals surface area contributed by atoms with Gasteiger partial charge in [0.1, 0.15) is 5.69 Å². The van der Waals surface area contributed by atoms with E-state index in [1.165, 1.54) is 11.3 Å². The third kappa shape index (κ3) is 1.96. The number of aromatic nitrogens is 2. The van der Waals surface area contributed by atoms with E-state index in [1.807, 2.05) is 13.0 Å². The molecule has 0 N–H and O–H groups in total. The highest BCUT2D eigenvalue weighted by molar-refractivity contribution is 7.19. The molecule has 0 radical (unpaired) electrons. The molecule has 0 atom stereocenters. The Labute approximate surface area is 96.3 Å². The topological polar surface area (TPSA) is 34.9 Å². The lowest BCUT2D eigenvalue weighted by Crippen LogP contribution is -1.93. The molecular formula is C10H9ClN2OS. The molecule has 15 heavy (non-hydrogen) atoms. The largest absolute Gasteiger partial charge is 0.298 e. The molecule has 2 heterocycles. The predicted molar refractivity (Wildman–Crippen MR) is 61.6 cm³/mol. The highest BCUT2D eigenvalue weighted by Crippen LogP contribution is 2.31. The van der Waals surface area contributed by atoms with Crippen LogP contribution in [0.3, 0.4) is 0 Å². The molecule has 2 aromatic rings. The zero-order valence-corrected chi connectivity index (χ0v) is 9.68. The number of halogens is 1. The maximum atomic E-state index is 10.9. The van der Waals surface area contributed by atoms with Crippen LogP contribution in [-0.4, -0.2) is 16.1 Å². The summed E-state index contributed by atoms with van der Waals surface area (Å²) in [5.74, 6) is 0. The first-order valence-corrected chi connectivity index (χ1v) is 5.72. The van der Waals surface area contributed by atoms with Gasteiger partial charge in [0, 0.05) is 12.7 Å². The molecule has 0 saturated heterocycles. The Balaban J connectivity index is 2.51. The van der Waals surface area contributed by atoms with Crippen LogP contribution in [0, 0.1) is 0 Å². The van der Waals surface area contributed by atoms with Gasteiger partial charge in [-0.2, -0.15) is 5.10 Å². The number of hydrogen-bond donors (Lipinski definition) is 0. The Hall–Kier alpha value is -1.13. The summed E-state index contributed by atoms with van der Waals surface area (Å²) in [5, 5.41) is 4.32. The quantitative estimate of drug-likeness (QED) is 0.773. The normalized spacial score (nSPS) is 10.5. The molecule has 0 aromatic carbocycles. The van der Waals surface area contributed by atoms with Gasteiger partial charge in [0.15, 0.2) is 6.29 Å². The first-order valence-electron chi connectivity index (χ1n) is 4.53. The number of carbonyl (C=O) groups is 1. The summed E-state index contributed by atoms with van der Waals surface area (Å²) in [4.78, 5) is 11.8. The molecule has 0 fully saturated rings. The van der Waals surface area contributed by atoms with E-state index in [9.17, 15) is 4.79 Å². The minimum Gasteiger partial charge on any atom is -0.298 e. The van der Waals surface area contributed by atoms with Crippen molar-refractivity contribution >= 4 is 29.2 Å². The van der Waals surface area contributed by atoms with Gasteiger partial charge in [-0.1, -0.05) is 11.6 Å². The van der Waals surface area contributed by atoms with Gasteiger partial charge in [-0.25, -0.2) is 0 Å². The van der Waals surface area contributed by atoms with Crippen LogP contribution < -0.4 is 0 Å². The second-order valence-electron chi connectivity index (χ2n) is 3.01. The third-order valence-electron chi connectivity index (χ3n) is 2.05. The van der Waals surface area contributed by atoms with E-state index < -0.39 is 0 Å². The van der Waals surface area contributed by atoms with E-state index in [4.69, 9.17) is 11.6 Å². The molecule has 0 bridgehead atoms. The molecule has 0 spiro atoms. The Morgan fingerprint density at radius 2 is 2.40 bits per heavy atom. The smallest absolute Gasteiger partial charge is 0.153 e. The first kappa shape index (κ1) is 10.4. The Morgan fingerprint density at radius 3 is 2.93 bits per heavy atom. The van der Waals surface area contributed by atoms with Gasteiger partial charge in [0.05, 0.1) is 14.8 Å². The Bertz CT molecular complexity index is 489. The summed E-state index contributed by atoms with van der Waals surface area (Å²) in [6.07, 6.45) is 2.57. The van der Waals surface area contributed by atoms with Crippen molar-refractivity contribution in [2.75, 3.05) is 0 Å². The van der Waals surface area contributed by atoms with E-state index in [-0.39, 0.29) is 0 Å². The maximum absolute atomic E-state index is 10.9. The number of hydrogen-bond acceptors (Lipinski definition) is 3. The number of aldehydes is 1. The second-order valence-corrected chi connectivity index (χ2v) is 4.73. The Morgan fingerprint density at radius 1 is 1.60 bits per heavy atom. The van der Waals surface area contributed by atoms with E-state index in [1.54, 1.807) is 16.9 Å². The molecule has 2 rings (SSSR count). The van der Waals surface area contributed by atoms with Gasteiger partial charge < -0.3 is 0 Å². The van der Waals surface area contributed by atoms with E-state index in [0.29, 0.717) is 15.6 Å². The summed E-state index contributed by atoms with van der Waals surface area (Å²) in [7, 11) is 0. The van der Waals surface area contributed by atoms with Crippen LogP contribution in [0.15, 0.2) is 18.3 Å². The van der Waals surface area contributed by atoms with Crippen LogP contribution in [0.5, 0.6) is 0 Å². The SMILES string of the molecule is CCn1cc(C=O)c(-c2ccc(Cl)s2)n1. The van der Waals surface area contributed by atoms with Crippen molar-refractivity contribution in [3.63, 3.8) is 0 Å². The molecule has 2 aromatic heterocycles. The van der Waals surface area contributed by atoms with Crippen molar-refractivity contribution in [1.82, 2.24) is 9.78 Å². The average molecular weight is 241 g/mol. The predicted octanol–water partition coefficient (Wildman–Crippen LogP) is 3.10. The van der Waals surface area contributed by atoms with Crippen LogP contribution in [-0.2, 0) is 6.54 Å². The molecule has 0 saturated carbocycles. The van der Waals surface area contributed by atoms with Crippen molar-refractivity contribution in [1.29, 1.82) is 0 Å².